The number of aliphatic carboxylic acids is 1. The summed E-state index contributed by atoms with van der Waals surface area (Å²) in [7, 11) is 0. The standard InChI is InChI=1S/C23H31FN2O3/c1-16-6-7-20(24)18(12-16)13-25-10-8-23(9-11-25)15-26(14-19(23)22(28)29)21(27)17-4-2-3-5-17/h6-7,12,17,19H,2-5,8-11,13-15H2,1H3,(H,28,29). The Bertz CT molecular complexity index is 782. The lowest BCUT2D eigenvalue weighted by Crippen LogP contribution is -2.46. The summed E-state index contributed by atoms with van der Waals surface area (Å²) in [5.41, 5.74) is 1.39. The maximum atomic E-state index is 14.1. The minimum atomic E-state index is -0.787. The van der Waals surface area contributed by atoms with Gasteiger partial charge in [0.05, 0.1) is 5.92 Å². The first-order valence-electron chi connectivity index (χ1n) is 10.9. The maximum absolute atomic E-state index is 14.1. The van der Waals surface area contributed by atoms with E-state index in [4.69, 9.17) is 0 Å². The number of halogens is 1. The van der Waals surface area contributed by atoms with Gasteiger partial charge >= 0.3 is 5.97 Å². The molecule has 2 heterocycles. The molecule has 1 amide bonds. The topological polar surface area (TPSA) is 60.9 Å². The highest BCUT2D eigenvalue weighted by atomic mass is 19.1. The Morgan fingerprint density at radius 3 is 2.55 bits per heavy atom. The number of hydrogen-bond donors (Lipinski definition) is 1. The lowest BCUT2D eigenvalue weighted by atomic mass is 9.71. The Balaban J connectivity index is 1.43. The Hall–Kier alpha value is -1.95. The predicted molar refractivity (Wildman–Crippen MR) is 108 cm³/mol. The zero-order chi connectivity index (χ0) is 20.6. The third-order valence-corrected chi connectivity index (χ3v) is 7.41. The Morgan fingerprint density at radius 2 is 1.90 bits per heavy atom. The van der Waals surface area contributed by atoms with E-state index in [9.17, 15) is 19.1 Å². The first-order chi connectivity index (χ1) is 13.9. The molecule has 1 aromatic carbocycles. The summed E-state index contributed by atoms with van der Waals surface area (Å²) >= 11 is 0. The molecule has 158 valence electrons. The Kier molecular flexibility index (Phi) is 5.65. The van der Waals surface area contributed by atoms with Crippen molar-refractivity contribution in [1.82, 2.24) is 9.80 Å². The van der Waals surface area contributed by atoms with Gasteiger partial charge in [0, 0.05) is 36.5 Å². The van der Waals surface area contributed by atoms with Crippen LogP contribution in [0.5, 0.6) is 0 Å². The number of likely N-dealkylation sites (tertiary alicyclic amines) is 2. The van der Waals surface area contributed by atoms with Gasteiger partial charge in [-0.05, 0) is 51.8 Å². The molecule has 1 aromatic rings. The fraction of sp³-hybridized carbons (Fsp3) is 0.652. The number of carbonyl (C=O) groups excluding carboxylic acids is 1. The van der Waals surface area contributed by atoms with Crippen LogP contribution in [0.4, 0.5) is 4.39 Å². The summed E-state index contributed by atoms with van der Waals surface area (Å²) in [6.45, 7) is 4.89. The molecule has 4 rings (SSSR count). The van der Waals surface area contributed by atoms with Crippen LogP contribution >= 0.6 is 0 Å². The van der Waals surface area contributed by atoms with E-state index in [1.807, 2.05) is 17.9 Å². The van der Waals surface area contributed by atoms with Crippen molar-refractivity contribution >= 4 is 11.9 Å². The van der Waals surface area contributed by atoms with Gasteiger partial charge in [0.15, 0.2) is 0 Å². The van der Waals surface area contributed by atoms with Crippen LogP contribution in [0.2, 0.25) is 0 Å². The average molecular weight is 403 g/mol. The fourth-order valence-corrected chi connectivity index (χ4v) is 5.64. The summed E-state index contributed by atoms with van der Waals surface area (Å²) in [6.07, 6.45) is 5.56. The van der Waals surface area contributed by atoms with Crippen LogP contribution in [-0.4, -0.2) is 53.0 Å². The van der Waals surface area contributed by atoms with Crippen LogP contribution < -0.4 is 0 Å². The number of rotatable bonds is 4. The number of amides is 1. The molecule has 1 spiro atoms. The molecular weight excluding hydrogens is 371 g/mol. The SMILES string of the molecule is Cc1ccc(F)c(CN2CCC3(CC2)CN(C(=O)C2CCCC2)CC3C(=O)O)c1. The number of benzene rings is 1. The predicted octanol–water partition coefficient (Wildman–Crippen LogP) is 3.45. The fourth-order valence-electron chi connectivity index (χ4n) is 5.64. The van der Waals surface area contributed by atoms with Crippen LogP contribution in [0.15, 0.2) is 18.2 Å². The molecule has 6 heteroatoms. The van der Waals surface area contributed by atoms with Gasteiger partial charge in [-0.2, -0.15) is 0 Å². The molecule has 3 fully saturated rings. The number of hydrogen-bond acceptors (Lipinski definition) is 3. The molecule has 0 radical (unpaired) electrons. The Morgan fingerprint density at radius 1 is 1.21 bits per heavy atom. The first-order valence-corrected chi connectivity index (χ1v) is 10.9. The summed E-state index contributed by atoms with van der Waals surface area (Å²) in [6, 6.07) is 5.17. The number of carbonyl (C=O) groups is 2. The zero-order valence-corrected chi connectivity index (χ0v) is 17.2. The van der Waals surface area contributed by atoms with E-state index in [2.05, 4.69) is 4.90 Å². The summed E-state index contributed by atoms with van der Waals surface area (Å²) < 4.78 is 14.1. The maximum Gasteiger partial charge on any atom is 0.308 e. The van der Waals surface area contributed by atoms with Gasteiger partial charge in [-0.25, -0.2) is 4.39 Å². The smallest absolute Gasteiger partial charge is 0.308 e. The molecule has 5 nitrogen and oxygen atoms in total. The van der Waals surface area contributed by atoms with E-state index >= 15 is 0 Å². The lowest BCUT2D eigenvalue weighted by molar-refractivity contribution is -0.146. The number of carboxylic acids is 1. The van der Waals surface area contributed by atoms with E-state index < -0.39 is 11.9 Å². The van der Waals surface area contributed by atoms with Crippen LogP contribution in [0.25, 0.3) is 0 Å². The third-order valence-electron chi connectivity index (χ3n) is 7.41. The van der Waals surface area contributed by atoms with Gasteiger partial charge in [-0.1, -0.05) is 30.5 Å². The number of aryl methyl sites for hydroxylation is 1. The van der Waals surface area contributed by atoms with Crippen molar-refractivity contribution in [3.05, 3.63) is 35.1 Å². The van der Waals surface area contributed by atoms with Crippen molar-refractivity contribution in [1.29, 1.82) is 0 Å². The molecule has 1 unspecified atom stereocenters. The minimum Gasteiger partial charge on any atom is -0.481 e. The second-order valence-electron chi connectivity index (χ2n) is 9.32. The van der Waals surface area contributed by atoms with Gasteiger partial charge in [-0.15, -0.1) is 0 Å². The molecular formula is C23H31FN2O3. The highest BCUT2D eigenvalue weighted by Gasteiger charge is 2.53. The van der Waals surface area contributed by atoms with Crippen LogP contribution in [0.3, 0.4) is 0 Å². The average Bonchev–Trinajstić information content (AvgIpc) is 3.35. The molecule has 29 heavy (non-hydrogen) atoms. The van der Waals surface area contributed by atoms with Crippen LogP contribution in [0.1, 0.15) is 49.7 Å². The highest BCUT2D eigenvalue weighted by molar-refractivity contribution is 5.81. The molecule has 2 aliphatic heterocycles. The van der Waals surface area contributed by atoms with Crippen molar-refractivity contribution in [2.75, 3.05) is 26.2 Å². The first kappa shape index (κ1) is 20.3. The van der Waals surface area contributed by atoms with E-state index in [-0.39, 0.29) is 23.1 Å². The van der Waals surface area contributed by atoms with Crippen molar-refractivity contribution < 1.29 is 19.1 Å². The molecule has 1 aliphatic carbocycles. The van der Waals surface area contributed by atoms with Crippen molar-refractivity contribution in [2.45, 2.75) is 52.0 Å². The third kappa shape index (κ3) is 4.04. The Labute approximate surface area is 171 Å². The largest absolute Gasteiger partial charge is 0.481 e. The minimum absolute atomic E-state index is 0.0870. The monoisotopic (exact) mass is 402 g/mol. The van der Waals surface area contributed by atoms with Gasteiger partial charge < -0.3 is 10.0 Å². The van der Waals surface area contributed by atoms with Gasteiger partial charge in [0.1, 0.15) is 5.82 Å². The molecule has 1 saturated carbocycles. The molecule has 0 bridgehead atoms. The van der Waals surface area contributed by atoms with E-state index in [1.165, 1.54) is 6.07 Å². The van der Waals surface area contributed by atoms with Crippen LogP contribution in [-0.2, 0) is 16.1 Å². The number of piperidine rings is 1. The van der Waals surface area contributed by atoms with Crippen molar-refractivity contribution in [3.63, 3.8) is 0 Å². The normalized spacial score (nSPS) is 25.0. The quantitative estimate of drug-likeness (QED) is 0.838. The molecule has 2 saturated heterocycles. The van der Waals surface area contributed by atoms with Gasteiger partial charge in [0.25, 0.3) is 0 Å². The summed E-state index contributed by atoms with van der Waals surface area (Å²) in [4.78, 5) is 29.0. The lowest BCUT2D eigenvalue weighted by Gasteiger charge is -2.41. The van der Waals surface area contributed by atoms with Crippen molar-refractivity contribution in [3.8, 4) is 0 Å². The molecule has 3 aliphatic rings. The van der Waals surface area contributed by atoms with Gasteiger partial charge in [0.2, 0.25) is 5.91 Å². The summed E-state index contributed by atoms with van der Waals surface area (Å²) in [5.74, 6) is -1.22. The van der Waals surface area contributed by atoms with E-state index in [0.717, 1.165) is 57.2 Å². The second kappa shape index (κ2) is 8.05. The van der Waals surface area contributed by atoms with E-state index in [1.54, 1.807) is 6.07 Å². The highest BCUT2D eigenvalue weighted by Crippen LogP contribution is 2.46. The number of nitrogens with zero attached hydrogens (tertiary/aromatic N) is 2. The number of carboxylic acid groups (broad SMARTS) is 1. The second-order valence-corrected chi connectivity index (χ2v) is 9.32. The molecule has 1 N–H and O–H groups in total. The van der Waals surface area contributed by atoms with E-state index in [0.29, 0.717) is 25.2 Å². The summed E-state index contributed by atoms with van der Waals surface area (Å²) in [5, 5.41) is 9.86. The van der Waals surface area contributed by atoms with Gasteiger partial charge in [-0.3, -0.25) is 14.5 Å². The van der Waals surface area contributed by atoms with Crippen LogP contribution in [0, 0.1) is 30.0 Å². The van der Waals surface area contributed by atoms with Crippen molar-refractivity contribution in [2.24, 2.45) is 17.3 Å². The molecule has 1 atom stereocenters. The molecule has 0 aromatic heterocycles. The zero-order valence-electron chi connectivity index (χ0n) is 17.2.